The molecule has 1 unspecified atom stereocenters. The van der Waals surface area contributed by atoms with Crippen LogP contribution in [0.25, 0.3) is 16.6 Å². The van der Waals surface area contributed by atoms with Gasteiger partial charge in [0.25, 0.3) is 17.4 Å². The quantitative estimate of drug-likeness (QED) is 0.401. The smallest absolute Gasteiger partial charge is 0.418 e. The Labute approximate surface area is 223 Å². The van der Waals surface area contributed by atoms with E-state index in [1.807, 2.05) is 13.0 Å². The SMILES string of the molecule is COc1ccc(C)cc1NC(=O)C(c1nc2ccccc2c(=O)n1-c1ccccc1)N1C(=O)OC(C)(C)C1=O. The Morgan fingerprint density at radius 1 is 1.00 bits per heavy atom. The molecular formula is C29H26N4O6. The molecule has 0 spiro atoms. The molecular weight excluding hydrogens is 500 g/mol. The molecule has 1 N–H and O–H groups in total. The summed E-state index contributed by atoms with van der Waals surface area (Å²) in [6, 6.07) is 18.8. The topological polar surface area (TPSA) is 120 Å². The molecule has 2 heterocycles. The van der Waals surface area contributed by atoms with Crippen molar-refractivity contribution in [2.75, 3.05) is 12.4 Å². The molecule has 1 aliphatic heterocycles. The van der Waals surface area contributed by atoms with Crippen LogP contribution in [0, 0.1) is 6.92 Å². The number of aryl methyl sites for hydroxylation is 1. The molecule has 0 radical (unpaired) electrons. The minimum absolute atomic E-state index is 0.128. The Bertz CT molecular complexity index is 1680. The zero-order valence-corrected chi connectivity index (χ0v) is 21.8. The number of para-hydroxylation sites is 2. The second-order valence-corrected chi connectivity index (χ2v) is 9.61. The van der Waals surface area contributed by atoms with Crippen LogP contribution in [-0.2, 0) is 14.3 Å². The van der Waals surface area contributed by atoms with Gasteiger partial charge >= 0.3 is 6.09 Å². The molecule has 10 nitrogen and oxygen atoms in total. The summed E-state index contributed by atoms with van der Waals surface area (Å²) in [6.45, 7) is 4.71. The molecule has 1 atom stereocenters. The van der Waals surface area contributed by atoms with Crippen LogP contribution in [0.3, 0.4) is 0 Å². The van der Waals surface area contributed by atoms with Crippen molar-refractivity contribution < 1.29 is 23.9 Å². The predicted molar refractivity (Wildman–Crippen MR) is 144 cm³/mol. The lowest BCUT2D eigenvalue weighted by atomic mass is 10.1. The number of benzene rings is 3. The van der Waals surface area contributed by atoms with Gasteiger partial charge in [0.05, 0.1) is 29.4 Å². The van der Waals surface area contributed by atoms with Gasteiger partial charge in [-0.1, -0.05) is 36.4 Å². The third kappa shape index (κ3) is 4.50. The summed E-state index contributed by atoms with van der Waals surface area (Å²) < 4.78 is 12.0. The molecule has 198 valence electrons. The number of nitrogens with zero attached hydrogens (tertiary/aromatic N) is 3. The molecule has 0 bridgehead atoms. The van der Waals surface area contributed by atoms with Crippen LogP contribution < -0.4 is 15.6 Å². The number of cyclic esters (lactones) is 1. The van der Waals surface area contributed by atoms with E-state index in [9.17, 15) is 19.2 Å². The maximum absolute atomic E-state index is 14.1. The first-order chi connectivity index (χ1) is 18.6. The van der Waals surface area contributed by atoms with Gasteiger partial charge in [-0.05, 0) is 62.7 Å². The molecule has 3 aromatic carbocycles. The van der Waals surface area contributed by atoms with Crippen molar-refractivity contribution in [3.8, 4) is 11.4 Å². The first kappa shape index (κ1) is 25.7. The lowest BCUT2D eigenvalue weighted by molar-refractivity contribution is -0.139. The molecule has 1 aromatic heterocycles. The number of amides is 3. The number of hydrogen-bond donors (Lipinski definition) is 1. The van der Waals surface area contributed by atoms with E-state index in [-0.39, 0.29) is 5.82 Å². The lowest BCUT2D eigenvalue weighted by Crippen LogP contribution is -2.45. The van der Waals surface area contributed by atoms with Gasteiger partial charge in [0, 0.05) is 0 Å². The highest BCUT2D eigenvalue weighted by molar-refractivity contribution is 6.08. The maximum atomic E-state index is 14.1. The Kier molecular flexibility index (Phi) is 6.39. The molecule has 39 heavy (non-hydrogen) atoms. The standard InChI is InChI=1S/C29H26N4O6/c1-17-14-15-22(38-4)21(16-17)31-25(34)23(33-27(36)29(2,3)39-28(33)37)24-30-20-13-9-8-12-19(20)26(35)32(24)18-10-6-5-7-11-18/h5-16,23H,1-4H3,(H,31,34). The highest BCUT2D eigenvalue weighted by Gasteiger charge is 2.53. The number of carbonyl (C=O) groups is 3. The summed E-state index contributed by atoms with van der Waals surface area (Å²) in [4.78, 5) is 59.9. The first-order valence-electron chi connectivity index (χ1n) is 12.2. The maximum Gasteiger partial charge on any atom is 0.418 e. The first-order valence-corrected chi connectivity index (χ1v) is 12.2. The van der Waals surface area contributed by atoms with Crippen molar-refractivity contribution in [2.45, 2.75) is 32.4 Å². The number of anilines is 1. The Morgan fingerprint density at radius 3 is 2.36 bits per heavy atom. The minimum Gasteiger partial charge on any atom is -0.495 e. The number of nitrogens with one attached hydrogen (secondary N) is 1. The molecule has 1 aliphatic rings. The minimum atomic E-state index is -1.66. The van der Waals surface area contributed by atoms with Gasteiger partial charge < -0.3 is 14.8 Å². The summed E-state index contributed by atoms with van der Waals surface area (Å²) in [5.74, 6) is -1.29. The number of aromatic nitrogens is 2. The van der Waals surface area contributed by atoms with E-state index in [1.165, 1.54) is 25.5 Å². The number of rotatable bonds is 6. The van der Waals surface area contributed by atoms with Gasteiger partial charge in [-0.25, -0.2) is 14.7 Å². The zero-order chi connectivity index (χ0) is 27.9. The monoisotopic (exact) mass is 526 g/mol. The number of carbonyl (C=O) groups excluding carboxylic acids is 3. The van der Waals surface area contributed by atoms with Crippen LogP contribution in [0.15, 0.2) is 77.6 Å². The van der Waals surface area contributed by atoms with E-state index in [1.54, 1.807) is 66.7 Å². The number of ether oxygens (including phenoxy) is 2. The van der Waals surface area contributed by atoms with Crippen molar-refractivity contribution in [2.24, 2.45) is 0 Å². The second kappa shape index (κ2) is 9.71. The van der Waals surface area contributed by atoms with E-state index in [4.69, 9.17) is 9.47 Å². The highest BCUT2D eigenvalue weighted by atomic mass is 16.6. The largest absolute Gasteiger partial charge is 0.495 e. The predicted octanol–water partition coefficient (Wildman–Crippen LogP) is 4.14. The van der Waals surface area contributed by atoms with Crippen molar-refractivity contribution >= 4 is 34.5 Å². The van der Waals surface area contributed by atoms with Crippen molar-refractivity contribution in [1.82, 2.24) is 14.5 Å². The summed E-state index contributed by atoms with van der Waals surface area (Å²) >= 11 is 0. The van der Waals surface area contributed by atoms with Crippen LogP contribution in [0.4, 0.5) is 10.5 Å². The fraction of sp³-hybridized carbons (Fsp3) is 0.207. The van der Waals surface area contributed by atoms with Gasteiger partial charge in [0.2, 0.25) is 0 Å². The van der Waals surface area contributed by atoms with Crippen LogP contribution in [0.2, 0.25) is 0 Å². The van der Waals surface area contributed by atoms with E-state index in [2.05, 4.69) is 10.3 Å². The fourth-order valence-electron chi connectivity index (χ4n) is 4.54. The fourth-order valence-corrected chi connectivity index (χ4v) is 4.54. The summed E-state index contributed by atoms with van der Waals surface area (Å²) in [6.07, 6.45) is -1.02. The van der Waals surface area contributed by atoms with E-state index >= 15 is 0 Å². The van der Waals surface area contributed by atoms with Gasteiger partial charge in [-0.3, -0.25) is 19.0 Å². The zero-order valence-electron chi connectivity index (χ0n) is 21.8. The van der Waals surface area contributed by atoms with Crippen LogP contribution in [0.1, 0.15) is 31.3 Å². The molecule has 5 rings (SSSR count). The van der Waals surface area contributed by atoms with Gasteiger partial charge in [0.15, 0.2) is 11.6 Å². The summed E-state index contributed by atoms with van der Waals surface area (Å²) in [5.41, 5.74) is -0.125. The molecule has 3 amide bonds. The average molecular weight is 527 g/mol. The molecule has 0 saturated carbocycles. The Hall–Kier alpha value is -4.99. The number of fused-ring (bicyclic) bond motifs is 1. The lowest BCUT2D eigenvalue weighted by Gasteiger charge is -2.26. The summed E-state index contributed by atoms with van der Waals surface area (Å²) in [7, 11) is 1.46. The number of imide groups is 1. The van der Waals surface area contributed by atoms with E-state index in [0.29, 0.717) is 32.9 Å². The molecule has 1 saturated heterocycles. The van der Waals surface area contributed by atoms with Crippen LogP contribution in [-0.4, -0.2) is 45.1 Å². The van der Waals surface area contributed by atoms with Gasteiger partial charge in [0.1, 0.15) is 11.6 Å². The Morgan fingerprint density at radius 2 is 1.69 bits per heavy atom. The van der Waals surface area contributed by atoms with E-state index < -0.39 is 35.1 Å². The Balaban J connectivity index is 1.78. The van der Waals surface area contributed by atoms with Crippen molar-refractivity contribution in [3.63, 3.8) is 0 Å². The average Bonchev–Trinajstić information content (AvgIpc) is 3.11. The third-order valence-electron chi connectivity index (χ3n) is 6.45. The van der Waals surface area contributed by atoms with Crippen LogP contribution >= 0.6 is 0 Å². The van der Waals surface area contributed by atoms with Gasteiger partial charge in [-0.2, -0.15) is 0 Å². The van der Waals surface area contributed by atoms with E-state index in [0.717, 1.165) is 5.56 Å². The molecule has 1 fully saturated rings. The molecule has 0 aliphatic carbocycles. The third-order valence-corrected chi connectivity index (χ3v) is 6.45. The highest BCUT2D eigenvalue weighted by Crippen LogP contribution is 2.34. The van der Waals surface area contributed by atoms with Crippen molar-refractivity contribution in [3.05, 3.63) is 94.5 Å². The number of methoxy groups -OCH3 is 1. The normalized spacial score (nSPS) is 15.2. The van der Waals surface area contributed by atoms with Crippen LogP contribution in [0.5, 0.6) is 5.75 Å². The summed E-state index contributed by atoms with van der Waals surface area (Å²) in [5, 5.41) is 3.08. The second-order valence-electron chi connectivity index (χ2n) is 9.61. The van der Waals surface area contributed by atoms with Gasteiger partial charge in [-0.15, -0.1) is 0 Å². The molecule has 4 aromatic rings. The van der Waals surface area contributed by atoms with Crippen molar-refractivity contribution in [1.29, 1.82) is 0 Å². The molecule has 10 heteroatoms. The number of hydrogen-bond acceptors (Lipinski definition) is 7.